The number of methoxy groups -OCH3 is 1. The molecule has 1 aliphatic heterocycles. The summed E-state index contributed by atoms with van der Waals surface area (Å²) in [5, 5.41) is 5.07. The molecule has 4 rings (SSSR count). The predicted octanol–water partition coefficient (Wildman–Crippen LogP) is 3.69. The molecule has 2 aromatic carbocycles. The van der Waals surface area contributed by atoms with Gasteiger partial charge in [0.15, 0.2) is 5.13 Å². The summed E-state index contributed by atoms with van der Waals surface area (Å²) in [5.74, 6) is 0.635. The Kier molecular flexibility index (Phi) is 7.36. The number of aromatic nitrogens is 1. The van der Waals surface area contributed by atoms with Gasteiger partial charge in [0.05, 0.1) is 19.2 Å². The van der Waals surface area contributed by atoms with Crippen LogP contribution in [0.4, 0.5) is 10.8 Å². The first-order valence-electron chi connectivity index (χ1n) is 10.8. The summed E-state index contributed by atoms with van der Waals surface area (Å²) in [6.45, 7) is 2.90. The van der Waals surface area contributed by atoms with Gasteiger partial charge in [-0.2, -0.15) is 0 Å². The molecule has 0 aliphatic carbocycles. The van der Waals surface area contributed by atoms with Crippen molar-refractivity contribution in [2.75, 3.05) is 43.5 Å². The molecule has 0 radical (unpaired) electrons. The second kappa shape index (κ2) is 10.8. The van der Waals surface area contributed by atoms with Gasteiger partial charge in [0.2, 0.25) is 11.8 Å². The number of piperazine rings is 1. The van der Waals surface area contributed by atoms with Crippen molar-refractivity contribution in [1.82, 2.24) is 9.88 Å². The number of hydrogen-bond donors (Lipinski definition) is 1. The highest BCUT2D eigenvalue weighted by Gasteiger charge is 2.22. The van der Waals surface area contributed by atoms with Crippen LogP contribution in [0.2, 0.25) is 0 Å². The molecule has 1 N–H and O–H groups in total. The molecule has 0 unspecified atom stereocenters. The fourth-order valence-corrected chi connectivity index (χ4v) is 4.32. The summed E-state index contributed by atoms with van der Waals surface area (Å²) in [7, 11) is 1.65. The summed E-state index contributed by atoms with van der Waals surface area (Å²) in [6, 6.07) is 17.6. The van der Waals surface area contributed by atoms with E-state index in [1.54, 1.807) is 13.2 Å². The lowest BCUT2D eigenvalue weighted by Crippen LogP contribution is -2.49. The highest BCUT2D eigenvalue weighted by molar-refractivity contribution is 7.14. The van der Waals surface area contributed by atoms with E-state index in [0.717, 1.165) is 30.1 Å². The van der Waals surface area contributed by atoms with Crippen LogP contribution < -0.4 is 15.0 Å². The molecular formula is C25H26N4O3S. The normalized spacial score (nSPS) is 13.8. The summed E-state index contributed by atoms with van der Waals surface area (Å²) in [6.07, 6.45) is 3.46. The van der Waals surface area contributed by atoms with Crippen LogP contribution in [-0.4, -0.2) is 55.0 Å². The third-order valence-corrected chi connectivity index (χ3v) is 6.22. The van der Waals surface area contributed by atoms with Crippen LogP contribution >= 0.6 is 11.3 Å². The number of carbonyl (C=O) groups is 2. The van der Waals surface area contributed by atoms with Crippen molar-refractivity contribution in [2.45, 2.75) is 6.42 Å². The number of nitrogens with one attached hydrogen (secondary N) is 1. The Hall–Kier alpha value is -3.65. The highest BCUT2D eigenvalue weighted by Crippen LogP contribution is 2.21. The average Bonchev–Trinajstić information content (AvgIpc) is 3.30. The van der Waals surface area contributed by atoms with Gasteiger partial charge in [0, 0.05) is 43.3 Å². The van der Waals surface area contributed by atoms with Gasteiger partial charge in [-0.3, -0.25) is 14.9 Å². The van der Waals surface area contributed by atoms with E-state index >= 15 is 0 Å². The summed E-state index contributed by atoms with van der Waals surface area (Å²) < 4.78 is 5.21. The molecule has 2 amide bonds. The first-order valence-corrected chi connectivity index (χ1v) is 11.6. The number of benzene rings is 2. The van der Waals surface area contributed by atoms with Crippen molar-refractivity contribution in [1.29, 1.82) is 0 Å². The number of ether oxygens (including phenoxy) is 1. The molecule has 1 aliphatic rings. The quantitative estimate of drug-likeness (QED) is 0.542. The van der Waals surface area contributed by atoms with Crippen molar-refractivity contribution in [2.24, 2.45) is 0 Å². The van der Waals surface area contributed by atoms with Crippen LogP contribution in [0.15, 0.2) is 66.1 Å². The summed E-state index contributed by atoms with van der Waals surface area (Å²) in [4.78, 5) is 33.4. The maximum absolute atomic E-state index is 12.7. The molecule has 8 heteroatoms. The molecule has 1 saturated heterocycles. The summed E-state index contributed by atoms with van der Waals surface area (Å²) >= 11 is 1.32. The SMILES string of the molecule is COc1ccc(N2CCN(C(=O)Cc3csc(NC(=O)/C=C/c4ccccc4)n3)CC2)cc1. The van der Waals surface area contributed by atoms with E-state index in [4.69, 9.17) is 4.74 Å². The smallest absolute Gasteiger partial charge is 0.250 e. The molecule has 2 heterocycles. The second-order valence-corrected chi connectivity index (χ2v) is 8.48. The molecule has 1 fully saturated rings. The topological polar surface area (TPSA) is 74.8 Å². The number of thiazole rings is 1. The molecule has 0 atom stereocenters. The maximum Gasteiger partial charge on any atom is 0.250 e. The zero-order chi connectivity index (χ0) is 23.0. The summed E-state index contributed by atoms with van der Waals surface area (Å²) in [5.41, 5.74) is 2.75. The number of rotatable bonds is 7. The van der Waals surface area contributed by atoms with Gasteiger partial charge >= 0.3 is 0 Å². The van der Waals surface area contributed by atoms with E-state index in [-0.39, 0.29) is 18.2 Å². The highest BCUT2D eigenvalue weighted by atomic mass is 32.1. The standard InChI is InChI=1S/C25H26N4O3S/c1-32-22-10-8-21(9-11-22)28-13-15-29(16-14-28)24(31)17-20-18-33-25(26-20)27-23(30)12-7-19-5-3-2-4-6-19/h2-12,18H,13-17H2,1H3,(H,26,27,30)/b12-7+. The monoisotopic (exact) mass is 462 g/mol. The lowest BCUT2D eigenvalue weighted by Gasteiger charge is -2.36. The molecule has 0 bridgehead atoms. The number of hydrogen-bond acceptors (Lipinski definition) is 6. The van der Waals surface area contributed by atoms with E-state index in [0.29, 0.717) is 23.9 Å². The van der Waals surface area contributed by atoms with Crippen molar-refractivity contribution in [3.8, 4) is 5.75 Å². The van der Waals surface area contributed by atoms with E-state index in [1.807, 2.05) is 64.9 Å². The zero-order valence-electron chi connectivity index (χ0n) is 18.4. The van der Waals surface area contributed by atoms with Gasteiger partial charge < -0.3 is 14.5 Å². The lowest BCUT2D eigenvalue weighted by molar-refractivity contribution is -0.130. The van der Waals surface area contributed by atoms with E-state index in [2.05, 4.69) is 15.2 Å². The minimum absolute atomic E-state index is 0.0523. The lowest BCUT2D eigenvalue weighted by atomic mass is 10.2. The van der Waals surface area contributed by atoms with Gasteiger partial charge in [-0.15, -0.1) is 11.3 Å². The third kappa shape index (κ3) is 6.20. The van der Waals surface area contributed by atoms with Crippen LogP contribution in [0, 0.1) is 0 Å². The van der Waals surface area contributed by atoms with Crippen LogP contribution in [0.25, 0.3) is 6.08 Å². The van der Waals surface area contributed by atoms with Gasteiger partial charge in [-0.25, -0.2) is 4.98 Å². The first-order chi connectivity index (χ1) is 16.1. The molecule has 0 saturated carbocycles. The molecule has 3 aromatic rings. The van der Waals surface area contributed by atoms with Gasteiger partial charge in [0.25, 0.3) is 0 Å². The molecule has 170 valence electrons. The Balaban J connectivity index is 1.25. The zero-order valence-corrected chi connectivity index (χ0v) is 19.3. The fourth-order valence-electron chi connectivity index (χ4n) is 3.60. The Morgan fingerprint density at radius 1 is 1.06 bits per heavy atom. The van der Waals surface area contributed by atoms with Gasteiger partial charge in [-0.1, -0.05) is 30.3 Å². The van der Waals surface area contributed by atoms with Crippen LogP contribution in [0.3, 0.4) is 0 Å². The number of amides is 2. The molecule has 33 heavy (non-hydrogen) atoms. The Morgan fingerprint density at radius 3 is 2.48 bits per heavy atom. The predicted molar refractivity (Wildman–Crippen MR) is 132 cm³/mol. The second-order valence-electron chi connectivity index (χ2n) is 7.62. The average molecular weight is 463 g/mol. The van der Waals surface area contributed by atoms with Crippen LogP contribution in [-0.2, 0) is 16.0 Å². The van der Waals surface area contributed by atoms with E-state index in [9.17, 15) is 9.59 Å². The van der Waals surface area contributed by atoms with Crippen LogP contribution in [0.1, 0.15) is 11.3 Å². The van der Waals surface area contributed by atoms with Gasteiger partial charge in [0.1, 0.15) is 5.75 Å². The maximum atomic E-state index is 12.7. The number of anilines is 2. The largest absolute Gasteiger partial charge is 0.497 e. The van der Waals surface area contributed by atoms with Gasteiger partial charge in [-0.05, 0) is 35.9 Å². The molecule has 0 spiro atoms. The minimum Gasteiger partial charge on any atom is -0.497 e. The Bertz CT molecular complexity index is 1100. The molecule has 7 nitrogen and oxygen atoms in total. The van der Waals surface area contributed by atoms with E-state index in [1.165, 1.54) is 17.4 Å². The third-order valence-electron chi connectivity index (χ3n) is 5.41. The first kappa shape index (κ1) is 22.5. The van der Waals surface area contributed by atoms with Crippen LogP contribution in [0.5, 0.6) is 5.75 Å². The molecular weight excluding hydrogens is 436 g/mol. The fraction of sp³-hybridized carbons (Fsp3) is 0.240. The minimum atomic E-state index is -0.249. The van der Waals surface area contributed by atoms with Crippen molar-refractivity contribution >= 4 is 40.0 Å². The number of nitrogens with zero attached hydrogens (tertiary/aromatic N) is 3. The Labute approximate surface area is 197 Å². The Morgan fingerprint density at radius 2 is 1.79 bits per heavy atom. The van der Waals surface area contributed by atoms with E-state index < -0.39 is 0 Å². The van der Waals surface area contributed by atoms with Crippen molar-refractivity contribution < 1.29 is 14.3 Å². The number of carbonyl (C=O) groups excluding carboxylic acids is 2. The van der Waals surface area contributed by atoms with Crippen molar-refractivity contribution in [3.05, 3.63) is 77.3 Å². The molecule has 1 aromatic heterocycles. The van der Waals surface area contributed by atoms with Crippen molar-refractivity contribution in [3.63, 3.8) is 0 Å².